The number of carbonyl (C=O) groups excluding carboxylic acids is 1. The first-order valence-electron chi connectivity index (χ1n) is 8.34. The van der Waals surface area contributed by atoms with Gasteiger partial charge < -0.3 is 5.32 Å². The van der Waals surface area contributed by atoms with Crippen LogP contribution in [0.5, 0.6) is 0 Å². The molecule has 0 radical (unpaired) electrons. The van der Waals surface area contributed by atoms with Gasteiger partial charge in [-0.2, -0.15) is 0 Å². The average molecular weight is 326 g/mol. The molecule has 2 aliphatic carbocycles. The normalized spacial score (nSPS) is 21.3. The Kier molecular flexibility index (Phi) is 3.65. The van der Waals surface area contributed by atoms with Gasteiger partial charge in [0.2, 0.25) is 5.91 Å². The van der Waals surface area contributed by atoms with Crippen LogP contribution in [0.2, 0.25) is 5.02 Å². The van der Waals surface area contributed by atoms with Crippen LogP contribution in [-0.4, -0.2) is 5.91 Å². The van der Waals surface area contributed by atoms with E-state index in [4.69, 9.17) is 11.6 Å². The molecule has 2 aromatic rings. The van der Waals surface area contributed by atoms with Gasteiger partial charge in [0.25, 0.3) is 0 Å². The molecule has 2 nitrogen and oxygen atoms in total. The largest absolute Gasteiger partial charge is 0.349 e. The van der Waals surface area contributed by atoms with E-state index in [0.29, 0.717) is 5.02 Å². The molecule has 23 heavy (non-hydrogen) atoms. The maximum absolute atomic E-state index is 12.9. The van der Waals surface area contributed by atoms with Crippen molar-refractivity contribution in [1.29, 1.82) is 0 Å². The van der Waals surface area contributed by atoms with Crippen molar-refractivity contribution >= 4 is 17.5 Å². The molecule has 2 aromatic carbocycles. The summed E-state index contributed by atoms with van der Waals surface area (Å²) in [6.45, 7) is 0. The molecule has 0 unspecified atom stereocenters. The quantitative estimate of drug-likeness (QED) is 0.880. The SMILES string of the molecule is O=C(N[C@@H]1CCCc2ccccc21)C1(c2ccc(Cl)cc2)CC1. The number of rotatable bonds is 3. The summed E-state index contributed by atoms with van der Waals surface area (Å²) in [6, 6.07) is 16.4. The zero-order valence-electron chi connectivity index (χ0n) is 13.0. The monoisotopic (exact) mass is 325 g/mol. The zero-order chi connectivity index (χ0) is 15.9. The summed E-state index contributed by atoms with van der Waals surface area (Å²) in [6.07, 6.45) is 5.13. The van der Waals surface area contributed by atoms with Crippen molar-refractivity contribution in [2.45, 2.75) is 43.6 Å². The number of fused-ring (bicyclic) bond motifs is 1. The lowest BCUT2D eigenvalue weighted by Gasteiger charge is -2.28. The average Bonchev–Trinajstić information content (AvgIpc) is 3.38. The Labute approximate surface area is 141 Å². The number of carbonyl (C=O) groups is 1. The number of hydrogen-bond donors (Lipinski definition) is 1. The van der Waals surface area contributed by atoms with Gasteiger partial charge in [0.1, 0.15) is 0 Å². The van der Waals surface area contributed by atoms with Gasteiger partial charge in [-0.3, -0.25) is 4.79 Å². The highest BCUT2D eigenvalue weighted by Gasteiger charge is 2.51. The second-order valence-corrected chi connectivity index (χ2v) is 7.14. The molecular formula is C20H20ClNO. The highest BCUT2D eigenvalue weighted by molar-refractivity contribution is 6.30. The summed E-state index contributed by atoms with van der Waals surface area (Å²) in [5.41, 5.74) is 3.42. The van der Waals surface area contributed by atoms with Crippen molar-refractivity contribution in [2.24, 2.45) is 0 Å². The minimum atomic E-state index is -0.336. The van der Waals surface area contributed by atoms with Crippen LogP contribution in [0, 0.1) is 0 Å². The van der Waals surface area contributed by atoms with Crippen LogP contribution >= 0.6 is 11.6 Å². The number of aryl methyl sites for hydroxylation is 1. The standard InChI is InChI=1S/C20H20ClNO/c21-16-10-8-15(9-11-16)20(12-13-20)19(23)22-18-7-3-5-14-4-1-2-6-17(14)18/h1-2,4,6,8-11,18H,3,5,7,12-13H2,(H,22,23)/t18-/m1/s1. The second kappa shape index (κ2) is 5.68. The predicted octanol–water partition coefficient (Wildman–Crippen LogP) is 4.57. The molecular weight excluding hydrogens is 306 g/mol. The van der Waals surface area contributed by atoms with Gasteiger partial charge >= 0.3 is 0 Å². The molecule has 0 bridgehead atoms. The van der Waals surface area contributed by atoms with Crippen LogP contribution in [0.25, 0.3) is 0 Å². The molecule has 0 aromatic heterocycles. The Morgan fingerprint density at radius 1 is 1.09 bits per heavy atom. The molecule has 1 amide bonds. The number of benzene rings is 2. The lowest BCUT2D eigenvalue weighted by Crippen LogP contribution is -2.38. The smallest absolute Gasteiger partial charge is 0.231 e. The second-order valence-electron chi connectivity index (χ2n) is 6.71. The zero-order valence-corrected chi connectivity index (χ0v) is 13.8. The fourth-order valence-electron chi connectivity index (χ4n) is 3.74. The molecule has 2 aliphatic rings. The number of halogens is 1. The Morgan fingerprint density at radius 3 is 2.57 bits per heavy atom. The van der Waals surface area contributed by atoms with E-state index in [2.05, 4.69) is 29.6 Å². The van der Waals surface area contributed by atoms with Gasteiger partial charge in [-0.25, -0.2) is 0 Å². The van der Waals surface area contributed by atoms with E-state index in [1.54, 1.807) is 0 Å². The van der Waals surface area contributed by atoms with Crippen molar-refractivity contribution in [2.75, 3.05) is 0 Å². The van der Waals surface area contributed by atoms with Crippen molar-refractivity contribution in [1.82, 2.24) is 5.32 Å². The molecule has 1 saturated carbocycles. The first-order chi connectivity index (χ1) is 11.2. The van der Waals surface area contributed by atoms with Gasteiger partial charge in [-0.15, -0.1) is 0 Å². The van der Waals surface area contributed by atoms with E-state index < -0.39 is 0 Å². The van der Waals surface area contributed by atoms with Gasteiger partial charge in [-0.1, -0.05) is 48.0 Å². The highest BCUT2D eigenvalue weighted by Crippen LogP contribution is 2.49. The van der Waals surface area contributed by atoms with Crippen LogP contribution in [0.4, 0.5) is 0 Å². The first-order valence-corrected chi connectivity index (χ1v) is 8.72. The molecule has 0 saturated heterocycles. The topological polar surface area (TPSA) is 29.1 Å². The fourth-order valence-corrected chi connectivity index (χ4v) is 3.87. The lowest BCUT2D eigenvalue weighted by atomic mass is 9.86. The van der Waals surface area contributed by atoms with Crippen molar-refractivity contribution in [3.05, 3.63) is 70.2 Å². The van der Waals surface area contributed by atoms with Crippen molar-refractivity contribution in [3.63, 3.8) is 0 Å². The molecule has 4 rings (SSSR count). The van der Waals surface area contributed by atoms with E-state index in [0.717, 1.165) is 37.7 Å². The van der Waals surface area contributed by atoms with Crippen LogP contribution in [0.3, 0.4) is 0 Å². The fraction of sp³-hybridized carbons (Fsp3) is 0.350. The van der Waals surface area contributed by atoms with Gasteiger partial charge in [-0.05, 0) is 60.9 Å². The lowest BCUT2D eigenvalue weighted by molar-refractivity contribution is -0.124. The maximum atomic E-state index is 12.9. The summed E-state index contributed by atoms with van der Waals surface area (Å²) in [4.78, 5) is 12.9. The molecule has 118 valence electrons. The van der Waals surface area contributed by atoms with E-state index >= 15 is 0 Å². The molecule has 0 heterocycles. The van der Waals surface area contributed by atoms with E-state index in [9.17, 15) is 4.79 Å². The minimum absolute atomic E-state index is 0.150. The van der Waals surface area contributed by atoms with Crippen LogP contribution in [0.15, 0.2) is 48.5 Å². The van der Waals surface area contributed by atoms with E-state index in [1.807, 2.05) is 24.3 Å². The maximum Gasteiger partial charge on any atom is 0.231 e. The third-order valence-corrected chi connectivity index (χ3v) is 5.51. The number of nitrogens with one attached hydrogen (secondary N) is 1. The van der Waals surface area contributed by atoms with Crippen LogP contribution in [0.1, 0.15) is 48.4 Å². The summed E-state index contributed by atoms with van der Waals surface area (Å²) in [7, 11) is 0. The van der Waals surface area contributed by atoms with Crippen LogP contribution in [-0.2, 0) is 16.6 Å². The summed E-state index contributed by atoms with van der Waals surface area (Å²) >= 11 is 5.97. The molecule has 0 aliphatic heterocycles. The van der Waals surface area contributed by atoms with E-state index in [1.165, 1.54) is 11.1 Å². The minimum Gasteiger partial charge on any atom is -0.349 e. The Morgan fingerprint density at radius 2 is 1.83 bits per heavy atom. The van der Waals surface area contributed by atoms with Crippen molar-refractivity contribution < 1.29 is 4.79 Å². The van der Waals surface area contributed by atoms with Crippen molar-refractivity contribution in [3.8, 4) is 0 Å². The van der Waals surface area contributed by atoms with Gasteiger partial charge in [0.05, 0.1) is 11.5 Å². The number of hydrogen-bond acceptors (Lipinski definition) is 1. The molecule has 1 N–H and O–H groups in total. The Balaban J connectivity index is 1.56. The summed E-state index contributed by atoms with van der Waals surface area (Å²) < 4.78 is 0. The molecule has 1 atom stereocenters. The first kappa shape index (κ1) is 14.8. The van der Waals surface area contributed by atoms with Crippen LogP contribution < -0.4 is 5.32 Å². The Hall–Kier alpha value is -1.80. The third kappa shape index (κ3) is 2.66. The third-order valence-electron chi connectivity index (χ3n) is 5.26. The summed E-state index contributed by atoms with van der Waals surface area (Å²) in [5, 5.41) is 4.03. The molecule has 0 spiro atoms. The van der Waals surface area contributed by atoms with Gasteiger partial charge in [0.15, 0.2) is 0 Å². The van der Waals surface area contributed by atoms with Gasteiger partial charge in [0, 0.05) is 5.02 Å². The number of amides is 1. The Bertz CT molecular complexity index is 734. The molecule has 1 fully saturated rings. The molecule has 3 heteroatoms. The van der Waals surface area contributed by atoms with E-state index in [-0.39, 0.29) is 17.4 Å². The predicted molar refractivity (Wildman–Crippen MR) is 92.6 cm³/mol. The summed E-state index contributed by atoms with van der Waals surface area (Å²) in [5.74, 6) is 0.168. The highest BCUT2D eigenvalue weighted by atomic mass is 35.5.